The van der Waals surface area contributed by atoms with Crippen LogP contribution in [0.25, 0.3) is 11.4 Å². The Balaban J connectivity index is 2.22. The minimum Gasteiger partial charge on any atom is -0.331 e. The summed E-state index contributed by atoms with van der Waals surface area (Å²) in [5.74, 6) is 0.924. The number of halogens is 1. The van der Waals surface area contributed by atoms with Crippen molar-refractivity contribution in [1.29, 1.82) is 0 Å². The summed E-state index contributed by atoms with van der Waals surface area (Å²) in [5.41, 5.74) is 6.47. The molecule has 4 heteroatoms. The van der Waals surface area contributed by atoms with Crippen LogP contribution in [0.5, 0.6) is 0 Å². The summed E-state index contributed by atoms with van der Waals surface area (Å²) in [6.45, 7) is 1.66. The third kappa shape index (κ3) is 2.87. The second-order valence-corrected chi connectivity index (χ2v) is 4.33. The molecule has 0 aliphatic carbocycles. The highest BCUT2D eigenvalue weighted by molar-refractivity contribution is 6.33. The van der Waals surface area contributed by atoms with E-state index in [4.69, 9.17) is 17.3 Å². The van der Waals surface area contributed by atoms with Crippen LogP contribution in [-0.4, -0.2) is 16.1 Å². The Morgan fingerprint density at radius 1 is 1.24 bits per heavy atom. The first-order valence-electron chi connectivity index (χ1n) is 5.79. The van der Waals surface area contributed by atoms with Gasteiger partial charge in [-0.15, -0.1) is 0 Å². The van der Waals surface area contributed by atoms with Gasteiger partial charge in [-0.3, -0.25) is 0 Å². The van der Waals surface area contributed by atoms with Gasteiger partial charge in [-0.25, -0.2) is 4.98 Å². The molecule has 3 nitrogen and oxygen atoms in total. The largest absolute Gasteiger partial charge is 0.331 e. The van der Waals surface area contributed by atoms with Crippen LogP contribution in [0, 0.1) is 0 Å². The summed E-state index contributed by atoms with van der Waals surface area (Å²) in [6.07, 6.45) is 5.88. The smallest absolute Gasteiger partial charge is 0.141 e. The Morgan fingerprint density at radius 3 is 2.82 bits per heavy atom. The van der Waals surface area contributed by atoms with E-state index in [-0.39, 0.29) is 0 Å². The summed E-state index contributed by atoms with van der Waals surface area (Å²) >= 11 is 6.18. The first-order valence-corrected chi connectivity index (χ1v) is 6.17. The van der Waals surface area contributed by atoms with E-state index in [1.807, 2.05) is 30.5 Å². The Hall–Kier alpha value is -1.32. The van der Waals surface area contributed by atoms with Crippen LogP contribution >= 0.6 is 11.6 Å². The van der Waals surface area contributed by atoms with E-state index in [1.54, 1.807) is 6.20 Å². The van der Waals surface area contributed by atoms with Gasteiger partial charge in [-0.2, -0.15) is 0 Å². The average Bonchev–Trinajstić information content (AvgIpc) is 2.78. The van der Waals surface area contributed by atoms with E-state index in [0.29, 0.717) is 0 Å². The molecule has 0 amide bonds. The summed E-state index contributed by atoms with van der Waals surface area (Å²) in [5, 5.41) is 0.735. The van der Waals surface area contributed by atoms with Crippen LogP contribution in [0.1, 0.15) is 12.8 Å². The van der Waals surface area contributed by atoms with E-state index in [1.165, 1.54) is 0 Å². The molecule has 2 N–H and O–H groups in total. The van der Waals surface area contributed by atoms with Gasteiger partial charge in [-0.1, -0.05) is 23.7 Å². The first-order chi connectivity index (χ1) is 8.33. The predicted octanol–water partition coefficient (Wildman–Crippen LogP) is 2.94. The topological polar surface area (TPSA) is 43.8 Å². The number of hydrogen-bond donors (Lipinski definition) is 1. The minimum atomic E-state index is 0.732. The number of aryl methyl sites for hydroxylation is 1. The van der Waals surface area contributed by atoms with Crippen molar-refractivity contribution in [1.82, 2.24) is 9.55 Å². The SMILES string of the molecule is NCCCCn1ccnc1-c1ccccc1Cl. The average molecular weight is 250 g/mol. The second-order valence-electron chi connectivity index (χ2n) is 3.92. The van der Waals surface area contributed by atoms with Crippen LogP contribution in [0.2, 0.25) is 5.02 Å². The molecule has 1 aromatic carbocycles. The predicted molar refractivity (Wildman–Crippen MR) is 71.0 cm³/mol. The molecule has 0 fully saturated rings. The third-order valence-corrected chi connectivity index (χ3v) is 3.01. The van der Waals surface area contributed by atoms with Gasteiger partial charge in [0.1, 0.15) is 5.82 Å². The monoisotopic (exact) mass is 249 g/mol. The van der Waals surface area contributed by atoms with Crippen molar-refractivity contribution in [3.63, 3.8) is 0 Å². The number of imidazole rings is 1. The molecular weight excluding hydrogens is 234 g/mol. The van der Waals surface area contributed by atoms with Crippen molar-refractivity contribution < 1.29 is 0 Å². The van der Waals surface area contributed by atoms with E-state index < -0.39 is 0 Å². The highest BCUT2D eigenvalue weighted by Gasteiger charge is 2.08. The van der Waals surface area contributed by atoms with Gasteiger partial charge in [0.2, 0.25) is 0 Å². The van der Waals surface area contributed by atoms with Crippen molar-refractivity contribution in [3.05, 3.63) is 41.7 Å². The zero-order chi connectivity index (χ0) is 12.1. The molecule has 1 aromatic heterocycles. The normalized spacial score (nSPS) is 10.7. The van der Waals surface area contributed by atoms with Crippen molar-refractivity contribution in [2.45, 2.75) is 19.4 Å². The lowest BCUT2D eigenvalue weighted by Gasteiger charge is -2.08. The minimum absolute atomic E-state index is 0.732. The zero-order valence-electron chi connectivity index (χ0n) is 9.64. The molecule has 0 atom stereocenters. The van der Waals surface area contributed by atoms with Gasteiger partial charge in [-0.05, 0) is 31.5 Å². The van der Waals surface area contributed by atoms with Crippen molar-refractivity contribution >= 4 is 11.6 Å². The number of unbranched alkanes of at least 4 members (excludes halogenated alkanes) is 1. The molecule has 0 spiro atoms. The van der Waals surface area contributed by atoms with Gasteiger partial charge in [0.05, 0.1) is 5.02 Å². The number of nitrogens with two attached hydrogens (primary N) is 1. The summed E-state index contributed by atoms with van der Waals surface area (Å²) < 4.78 is 2.12. The quantitative estimate of drug-likeness (QED) is 0.828. The molecule has 1 heterocycles. The third-order valence-electron chi connectivity index (χ3n) is 2.68. The number of rotatable bonds is 5. The lowest BCUT2D eigenvalue weighted by Crippen LogP contribution is -2.04. The summed E-state index contributed by atoms with van der Waals surface area (Å²) in [6, 6.07) is 7.77. The molecule has 0 aliphatic heterocycles. The van der Waals surface area contributed by atoms with Crippen molar-refractivity contribution in [2.75, 3.05) is 6.54 Å². The number of aromatic nitrogens is 2. The molecule has 0 radical (unpaired) electrons. The number of hydrogen-bond acceptors (Lipinski definition) is 2. The van der Waals surface area contributed by atoms with Crippen molar-refractivity contribution in [3.8, 4) is 11.4 Å². The summed E-state index contributed by atoms with van der Waals surface area (Å²) in [7, 11) is 0. The van der Waals surface area contributed by atoms with E-state index >= 15 is 0 Å². The molecular formula is C13H16ClN3. The fourth-order valence-electron chi connectivity index (χ4n) is 1.80. The molecule has 17 heavy (non-hydrogen) atoms. The molecule has 0 bridgehead atoms. The molecule has 0 saturated heterocycles. The van der Waals surface area contributed by atoms with Crippen LogP contribution in [-0.2, 0) is 6.54 Å². The highest BCUT2D eigenvalue weighted by Crippen LogP contribution is 2.26. The standard InChI is InChI=1S/C13H16ClN3/c14-12-6-2-1-5-11(12)13-16-8-10-17(13)9-4-3-7-15/h1-2,5-6,8,10H,3-4,7,9,15H2. The van der Waals surface area contributed by atoms with Crippen molar-refractivity contribution in [2.24, 2.45) is 5.73 Å². The fraction of sp³-hybridized carbons (Fsp3) is 0.308. The Bertz CT molecular complexity index is 479. The highest BCUT2D eigenvalue weighted by atomic mass is 35.5. The van der Waals surface area contributed by atoms with Crippen LogP contribution in [0.4, 0.5) is 0 Å². The van der Waals surface area contributed by atoms with Crippen LogP contribution in [0.15, 0.2) is 36.7 Å². The molecule has 90 valence electrons. The maximum Gasteiger partial charge on any atom is 0.141 e. The Kier molecular flexibility index (Phi) is 4.18. The first kappa shape index (κ1) is 12.1. The van der Waals surface area contributed by atoms with Gasteiger partial charge >= 0.3 is 0 Å². The van der Waals surface area contributed by atoms with Crippen LogP contribution in [0.3, 0.4) is 0 Å². The fourth-order valence-corrected chi connectivity index (χ4v) is 2.02. The lowest BCUT2D eigenvalue weighted by molar-refractivity contribution is 0.619. The van der Waals surface area contributed by atoms with E-state index in [9.17, 15) is 0 Å². The lowest BCUT2D eigenvalue weighted by atomic mass is 10.2. The van der Waals surface area contributed by atoms with E-state index in [0.717, 1.165) is 42.3 Å². The van der Waals surface area contributed by atoms with Gasteiger partial charge in [0.25, 0.3) is 0 Å². The molecule has 0 saturated carbocycles. The Labute approximate surface area is 106 Å². The molecule has 0 aliphatic rings. The second kappa shape index (κ2) is 5.84. The Morgan fingerprint density at radius 2 is 2.06 bits per heavy atom. The van der Waals surface area contributed by atoms with Crippen LogP contribution < -0.4 is 5.73 Å². The van der Waals surface area contributed by atoms with Gasteiger partial charge < -0.3 is 10.3 Å². The molecule has 2 aromatic rings. The number of nitrogens with zero attached hydrogens (tertiary/aromatic N) is 2. The zero-order valence-corrected chi connectivity index (χ0v) is 10.4. The van der Waals surface area contributed by atoms with Gasteiger partial charge in [0, 0.05) is 24.5 Å². The van der Waals surface area contributed by atoms with E-state index in [2.05, 4.69) is 9.55 Å². The molecule has 0 unspecified atom stereocenters. The molecule has 2 rings (SSSR count). The number of benzene rings is 1. The maximum atomic E-state index is 6.18. The maximum absolute atomic E-state index is 6.18. The van der Waals surface area contributed by atoms with Gasteiger partial charge in [0.15, 0.2) is 0 Å². The summed E-state index contributed by atoms with van der Waals surface area (Å²) in [4.78, 5) is 4.37.